The number of rotatable bonds is 0. The fourth-order valence-electron chi connectivity index (χ4n) is 1.77. The molecule has 3 rings (SSSR count). The van der Waals surface area contributed by atoms with Gasteiger partial charge in [-0.1, -0.05) is 5.57 Å². The molecule has 9 heavy (non-hydrogen) atoms. The molecule has 1 nitrogen and oxygen atoms in total. The number of allylic oxidation sites excluding steroid dienone is 1. The highest BCUT2D eigenvalue weighted by molar-refractivity contribution is 5.07. The van der Waals surface area contributed by atoms with Crippen LogP contribution >= 0.6 is 0 Å². The molecule has 0 unspecified atom stereocenters. The second kappa shape index (κ2) is 2.05. The summed E-state index contributed by atoms with van der Waals surface area (Å²) in [6.45, 7) is 1.23. The van der Waals surface area contributed by atoms with E-state index in [1.807, 2.05) is 0 Å². The maximum atomic E-state index is 3.35. The monoisotopic (exact) mass is 123 g/mol. The Morgan fingerprint density at radius 1 is 1.33 bits per heavy atom. The fraction of sp³-hybridized carbons (Fsp3) is 0.750. The summed E-state index contributed by atoms with van der Waals surface area (Å²) in [6.07, 6.45) is 7.81. The lowest BCUT2D eigenvalue weighted by Gasteiger charge is -2.18. The molecule has 0 amide bonds. The molecular formula is C8H13N. The minimum atomic E-state index is 0.979. The van der Waals surface area contributed by atoms with Crippen molar-refractivity contribution in [3.63, 3.8) is 0 Å². The largest absolute Gasteiger partial charge is 0.391 e. The van der Waals surface area contributed by atoms with Crippen LogP contribution in [0.5, 0.6) is 0 Å². The van der Waals surface area contributed by atoms with Crippen LogP contribution in [0.15, 0.2) is 11.8 Å². The Kier molecular flexibility index (Phi) is 1.22. The van der Waals surface area contributed by atoms with Gasteiger partial charge in [0.1, 0.15) is 0 Å². The van der Waals surface area contributed by atoms with Gasteiger partial charge < -0.3 is 5.32 Å². The summed E-state index contributed by atoms with van der Waals surface area (Å²) in [5.74, 6) is 0.979. The third kappa shape index (κ3) is 0.958. The predicted octanol–water partition coefficient (Wildman–Crippen LogP) is 1.66. The average molecular weight is 123 g/mol. The first-order valence-electron chi connectivity index (χ1n) is 3.86. The van der Waals surface area contributed by atoms with E-state index >= 15 is 0 Å². The smallest absolute Gasteiger partial charge is 0.0170 e. The van der Waals surface area contributed by atoms with Gasteiger partial charge in [-0.15, -0.1) is 0 Å². The number of nitrogens with one attached hydrogen (secondary N) is 1. The lowest BCUT2D eigenvalue weighted by Crippen LogP contribution is -2.15. The van der Waals surface area contributed by atoms with E-state index in [1.165, 1.54) is 32.2 Å². The fourth-order valence-corrected chi connectivity index (χ4v) is 1.77. The molecule has 0 radical (unpaired) electrons. The molecule has 0 aromatic heterocycles. The van der Waals surface area contributed by atoms with Crippen LogP contribution in [0.2, 0.25) is 0 Å². The van der Waals surface area contributed by atoms with Crippen molar-refractivity contribution < 1.29 is 0 Å². The molecule has 3 aliphatic rings. The number of hydrogen-bond donors (Lipinski definition) is 1. The molecular weight excluding hydrogens is 110 g/mol. The van der Waals surface area contributed by atoms with Crippen LogP contribution in [0, 0.1) is 5.92 Å². The van der Waals surface area contributed by atoms with Crippen molar-refractivity contribution >= 4 is 0 Å². The topological polar surface area (TPSA) is 12.0 Å². The molecule has 1 saturated carbocycles. The van der Waals surface area contributed by atoms with Gasteiger partial charge >= 0.3 is 0 Å². The standard InChI is InChI=1S/C8H13N/c1-2-8-4-3-7(1)5-9-6-8/h5,8-9H,1-4,6H2. The Bertz CT molecular complexity index is 125. The maximum absolute atomic E-state index is 3.35. The Labute approximate surface area is 56.1 Å². The lowest BCUT2D eigenvalue weighted by atomic mass is 9.88. The summed E-state index contributed by atoms with van der Waals surface area (Å²) in [6, 6.07) is 0. The molecule has 1 N–H and O–H groups in total. The average Bonchev–Trinajstić information content (AvgIpc) is 2.21. The maximum Gasteiger partial charge on any atom is 0.0170 e. The Balaban J connectivity index is 2.16. The van der Waals surface area contributed by atoms with Gasteiger partial charge in [-0.25, -0.2) is 0 Å². The second-order valence-corrected chi connectivity index (χ2v) is 3.15. The molecule has 2 heterocycles. The zero-order valence-corrected chi connectivity index (χ0v) is 5.69. The zero-order chi connectivity index (χ0) is 6.10. The molecule has 2 aliphatic heterocycles. The molecule has 2 bridgehead atoms. The first-order valence-corrected chi connectivity index (χ1v) is 3.86. The van der Waals surface area contributed by atoms with Gasteiger partial charge in [-0.05, 0) is 37.8 Å². The SMILES string of the molecule is C1=C2CCC(CC2)CN1. The van der Waals surface area contributed by atoms with Crippen LogP contribution in [0.3, 0.4) is 0 Å². The summed E-state index contributed by atoms with van der Waals surface area (Å²) < 4.78 is 0. The van der Waals surface area contributed by atoms with E-state index in [2.05, 4.69) is 11.5 Å². The minimum absolute atomic E-state index is 0.979. The molecule has 0 atom stereocenters. The van der Waals surface area contributed by atoms with Crippen molar-refractivity contribution in [3.8, 4) is 0 Å². The minimum Gasteiger partial charge on any atom is -0.391 e. The van der Waals surface area contributed by atoms with Crippen LogP contribution < -0.4 is 5.32 Å². The van der Waals surface area contributed by atoms with E-state index in [4.69, 9.17) is 0 Å². The van der Waals surface area contributed by atoms with E-state index < -0.39 is 0 Å². The molecule has 0 aromatic rings. The Morgan fingerprint density at radius 2 is 2.11 bits per heavy atom. The second-order valence-electron chi connectivity index (χ2n) is 3.15. The zero-order valence-electron chi connectivity index (χ0n) is 5.69. The van der Waals surface area contributed by atoms with Gasteiger partial charge in [-0.2, -0.15) is 0 Å². The molecule has 0 saturated heterocycles. The highest BCUT2D eigenvalue weighted by Crippen LogP contribution is 2.29. The molecule has 1 heteroatoms. The van der Waals surface area contributed by atoms with Gasteiger partial charge in [0.2, 0.25) is 0 Å². The summed E-state index contributed by atoms with van der Waals surface area (Å²) >= 11 is 0. The van der Waals surface area contributed by atoms with E-state index in [-0.39, 0.29) is 0 Å². The molecule has 0 spiro atoms. The summed E-state index contributed by atoms with van der Waals surface area (Å²) in [4.78, 5) is 0. The van der Waals surface area contributed by atoms with Crippen molar-refractivity contribution in [2.75, 3.05) is 6.54 Å². The summed E-state index contributed by atoms with van der Waals surface area (Å²) in [5, 5.41) is 3.35. The van der Waals surface area contributed by atoms with Crippen molar-refractivity contribution in [1.82, 2.24) is 5.32 Å². The van der Waals surface area contributed by atoms with Crippen molar-refractivity contribution in [2.24, 2.45) is 5.92 Å². The van der Waals surface area contributed by atoms with E-state index in [9.17, 15) is 0 Å². The summed E-state index contributed by atoms with van der Waals surface area (Å²) in [5.41, 5.74) is 1.64. The van der Waals surface area contributed by atoms with Gasteiger partial charge in [0.15, 0.2) is 0 Å². The normalized spacial score (nSPS) is 26.9. The summed E-state index contributed by atoms with van der Waals surface area (Å²) in [7, 11) is 0. The van der Waals surface area contributed by atoms with Crippen LogP contribution in [0.1, 0.15) is 25.7 Å². The lowest BCUT2D eigenvalue weighted by molar-refractivity contribution is 0.421. The quantitative estimate of drug-likeness (QED) is 0.516. The highest BCUT2D eigenvalue weighted by atomic mass is 14.8. The van der Waals surface area contributed by atoms with Crippen LogP contribution in [-0.4, -0.2) is 6.54 Å². The third-order valence-electron chi connectivity index (χ3n) is 2.46. The van der Waals surface area contributed by atoms with Crippen molar-refractivity contribution in [2.45, 2.75) is 25.7 Å². The number of hydrogen-bond acceptors (Lipinski definition) is 1. The number of fused-ring (bicyclic) bond motifs is 4. The van der Waals surface area contributed by atoms with Gasteiger partial charge in [0.25, 0.3) is 0 Å². The van der Waals surface area contributed by atoms with E-state index in [1.54, 1.807) is 5.57 Å². The van der Waals surface area contributed by atoms with Crippen LogP contribution in [0.4, 0.5) is 0 Å². The van der Waals surface area contributed by atoms with Crippen molar-refractivity contribution in [3.05, 3.63) is 11.8 Å². The Hall–Kier alpha value is -0.460. The molecule has 50 valence electrons. The molecule has 1 aliphatic carbocycles. The van der Waals surface area contributed by atoms with Crippen molar-refractivity contribution in [1.29, 1.82) is 0 Å². The van der Waals surface area contributed by atoms with Gasteiger partial charge in [0.05, 0.1) is 0 Å². The molecule has 0 aromatic carbocycles. The van der Waals surface area contributed by atoms with Crippen LogP contribution in [-0.2, 0) is 0 Å². The first kappa shape index (κ1) is 5.33. The van der Waals surface area contributed by atoms with E-state index in [0.29, 0.717) is 0 Å². The third-order valence-corrected chi connectivity index (χ3v) is 2.46. The van der Waals surface area contributed by atoms with Crippen LogP contribution in [0.25, 0.3) is 0 Å². The predicted molar refractivity (Wildman–Crippen MR) is 38.0 cm³/mol. The van der Waals surface area contributed by atoms with Gasteiger partial charge in [-0.3, -0.25) is 0 Å². The molecule has 1 fully saturated rings. The van der Waals surface area contributed by atoms with E-state index in [0.717, 1.165) is 5.92 Å². The van der Waals surface area contributed by atoms with Gasteiger partial charge in [0, 0.05) is 6.54 Å². The Morgan fingerprint density at radius 3 is 2.89 bits per heavy atom. The highest BCUT2D eigenvalue weighted by Gasteiger charge is 2.18. The first-order chi connectivity index (χ1) is 4.45.